The fourth-order valence-electron chi connectivity index (χ4n) is 3.52. The number of rotatable bonds is 6. The Morgan fingerprint density at radius 2 is 1.90 bits per heavy atom. The molecule has 7 nitrogen and oxygen atoms in total. The summed E-state index contributed by atoms with van der Waals surface area (Å²) in [7, 11) is 1.32. The Labute approximate surface area is 168 Å². The Balaban J connectivity index is 1.66. The van der Waals surface area contributed by atoms with Crippen molar-refractivity contribution in [3.8, 4) is 5.75 Å². The molecule has 2 aromatic carbocycles. The van der Waals surface area contributed by atoms with Crippen molar-refractivity contribution in [3.05, 3.63) is 77.5 Å². The maximum Gasteiger partial charge on any atom is 0.343 e. The van der Waals surface area contributed by atoms with E-state index >= 15 is 0 Å². The normalized spacial score (nSPS) is 15.3. The molecule has 2 heterocycles. The number of benzene rings is 2. The van der Waals surface area contributed by atoms with Crippen LogP contribution < -0.4 is 10.1 Å². The molecule has 0 aliphatic carbocycles. The highest BCUT2D eigenvalue weighted by atomic mass is 16.6. The lowest BCUT2D eigenvalue weighted by Crippen LogP contribution is -2.25. The van der Waals surface area contributed by atoms with Gasteiger partial charge in [0.15, 0.2) is 6.61 Å². The molecular weight excluding hydrogens is 370 g/mol. The molecule has 1 amide bonds. The van der Waals surface area contributed by atoms with Gasteiger partial charge in [0.2, 0.25) is 5.91 Å². The summed E-state index contributed by atoms with van der Waals surface area (Å²) in [5.74, 6) is 0.493. The second-order valence-corrected chi connectivity index (χ2v) is 6.80. The first-order chi connectivity index (χ1) is 14.2. The van der Waals surface area contributed by atoms with Gasteiger partial charge in [0.1, 0.15) is 11.6 Å². The van der Waals surface area contributed by atoms with E-state index in [1.165, 1.54) is 7.11 Å². The van der Waals surface area contributed by atoms with E-state index in [2.05, 4.69) is 15.2 Å². The molecule has 148 valence electrons. The summed E-state index contributed by atoms with van der Waals surface area (Å²) in [6.07, 6.45) is 2.07. The van der Waals surface area contributed by atoms with Gasteiger partial charge in [-0.15, -0.1) is 0 Å². The molecule has 7 heteroatoms. The van der Waals surface area contributed by atoms with Crippen molar-refractivity contribution in [1.29, 1.82) is 0 Å². The minimum absolute atomic E-state index is 0.0833. The van der Waals surface area contributed by atoms with Crippen LogP contribution in [0.3, 0.4) is 0 Å². The fraction of sp³-hybridized carbons (Fsp3) is 0.227. The molecule has 1 N–H and O–H groups in total. The summed E-state index contributed by atoms with van der Waals surface area (Å²) >= 11 is 0. The molecule has 3 aromatic rings. The van der Waals surface area contributed by atoms with Crippen molar-refractivity contribution >= 4 is 17.7 Å². The van der Waals surface area contributed by atoms with Gasteiger partial charge in [0, 0.05) is 23.5 Å². The lowest BCUT2D eigenvalue weighted by Gasteiger charge is -2.25. The summed E-state index contributed by atoms with van der Waals surface area (Å²) < 4.78 is 12.1. The number of hydrogen-bond donors (Lipinski definition) is 1. The maximum absolute atomic E-state index is 12.5. The summed E-state index contributed by atoms with van der Waals surface area (Å²) in [5, 5.41) is 7.46. The monoisotopic (exact) mass is 391 g/mol. The summed E-state index contributed by atoms with van der Waals surface area (Å²) in [6, 6.07) is 17.4. The van der Waals surface area contributed by atoms with Crippen molar-refractivity contribution in [2.45, 2.75) is 18.9 Å². The zero-order valence-electron chi connectivity index (χ0n) is 16.0. The molecule has 1 atom stereocenters. The Morgan fingerprint density at radius 3 is 2.69 bits per heavy atom. The van der Waals surface area contributed by atoms with Crippen molar-refractivity contribution in [1.82, 2.24) is 9.78 Å². The summed E-state index contributed by atoms with van der Waals surface area (Å²) in [5.41, 5.74) is 2.86. The van der Waals surface area contributed by atoms with Gasteiger partial charge in [-0.25, -0.2) is 9.48 Å². The minimum atomic E-state index is -0.461. The summed E-state index contributed by atoms with van der Waals surface area (Å²) in [6.45, 7) is 0.371. The van der Waals surface area contributed by atoms with Crippen LogP contribution in [-0.2, 0) is 20.9 Å². The van der Waals surface area contributed by atoms with Crippen LogP contribution in [0.2, 0.25) is 0 Å². The third kappa shape index (κ3) is 3.99. The molecule has 1 aromatic heterocycles. The van der Waals surface area contributed by atoms with Crippen molar-refractivity contribution in [3.63, 3.8) is 0 Å². The predicted octanol–water partition coefficient (Wildman–Crippen LogP) is 2.96. The lowest BCUT2D eigenvalue weighted by atomic mass is 9.87. The Morgan fingerprint density at radius 1 is 1.14 bits per heavy atom. The number of carbonyl (C=O) groups is 2. The van der Waals surface area contributed by atoms with Gasteiger partial charge in [-0.2, -0.15) is 5.10 Å². The van der Waals surface area contributed by atoms with E-state index in [0.29, 0.717) is 18.1 Å². The van der Waals surface area contributed by atoms with Crippen LogP contribution in [0.5, 0.6) is 5.75 Å². The molecule has 4 rings (SSSR count). The van der Waals surface area contributed by atoms with Crippen LogP contribution in [0.4, 0.5) is 5.82 Å². The van der Waals surface area contributed by atoms with Crippen molar-refractivity contribution < 1.29 is 19.1 Å². The van der Waals surface area contributed by atoms with Gasteiger partial charge >= 0.3 is 5.97 Å². The number of anilines is 1. The summed E-state index contributed by atoms with van der Waals surface area (Å²) in [4.78, 5) is 23.9. The Hall–Kier alpha value is -3.61. The molecule has 0 saturated heterocycles. The first-order valence-corrected chi connectivity index (χ1v) is 9.33. The Bertz CT molecular complexity index is 1030. The number of ether oxygens (including phenoxy) is 2. The average Bonchev–Trinajstić information content (AvgIpc) is 3.14. The predicted molar refractivity (Wildman–Crippen MR) is 107 cm³/mol. The van der Waals surface area contributed by atoms with E-state index < -0.39 is 5.97 Å². The van der Waals surface area contributed by atoms with Crippen LogP contribution in [-0.4, -0.2) is 35.4 Å². The quantitative estimate of drug-likeness (QED) is 0.654. The molecule has 0 spiro atoms. The van der Waals surface area contributed by atoms with E-state index in [9.17, 15) is 9.59 Å². The van der Waals surface area contributed by atoms with E-state index in [4.69, 9.17) is 4.74 Å². The van der Waals surface area contributed by atoms with E-state index in [0.717, 1.165) is 16.7 Å². The van der Waals surface area contributed by atoms with Crippen LogP contribution in [0, 0.1) is 0 Å². The number of esters is 1. The van der Waals surface area contributed by atoms with Crippen LogP contribution >= 0.6 is 0 Å². The zero-order valence-corrected chi connectivity index (χ0v) is 16.0. The lowest BCUT2D eigenvalue weighted by molar-refractivity contribution is -0.142. The number of aromatic nitrogens is 2. The van der Waals surface area contributed by atoms with Crippen molar-refractivity contribution in [2.24, 2.45) is 0 Å². The van der Waals surface area contributed by atoms with Gasteiger partial charge < -0.3 is 14.8 Å². The second kappa shape index (κ2) is 8.18. The molecule has 1 unspecified atom stereocenters. The number of para-hydroxylation sites is 1. The molecule has 0 radical (unpaired) electrons. The molecule has 0 fully saturated rings. The van der Waals surface area contributed by atoms with Crippen LogP contribution in [0.1, 0.15) is 29.0 Å². The molecule has 0 bridgehead atoms. The Kier molecular flexibility index (Phi) is 5.29. The van der Waals surface area contributed by atoms with E-state index in [-0.39, 0.29) is 24.9 Å². The molecule has 0 saturated carbocycles. The topological polar surface area (TPSA) is 82.4 Å². The van der Waals surface area contributed by atoms with Gasteiger partial charge in [-0.3, -0.25) is 4.79 Å². The first-order valence-electron chi connectivity index (χ1n) is 9.33. The van der Waals surface area contributed by atoms with Crippen LogP contribution in [0.15, 0.2) is 60.8 Å². The fourth-order valence-corrected chi connectivity index (χ4v) is 3.52. The highest BCUT2D eigenvalue weighted by Crippen LogP contribution is 2.40. The highest BCUT2D eigenvalue weighted by Gasteiger charge is 2.31. The van der Waals surface area contributed by atoms with E-state index in [1.807, 2.05) is 48.5 Å². The largest absolute Gasteiger partial charge is 0.482 e. The number of carbonyl (C=O) groups excluding carboxylic acids is 2. The van der Waals surface area contributed by atoms with E-state index in [1.54, 1.807) is 16.9 Å². The number of nitrogens with zero attached hydrogens (tertiary/aromatic N) is 2. The number of fused-ring (bicyclic) bond motifs is 1. The average molecular weight is 391 g/mol. The van der Waals surface area contributed by atoms with Gasteiger partial charge in [0.05, 0.1) is 19.9 Å². The number of hydrogen-bond acceptors (Lipinski definition) is 5. The smallest absolute Gasteiger partial charge is 0.343 e. The maximum atomic E-state index is 12.5. The molecular formula is C22H21N3O4. The van der Waals surface area contributed by atoms with Crippen LogP contribution in [0.25, 0.3) is 0 Å². The molecule has 29 heavy (non-hydrogen) atoms. The minimum Gasteiger partial charge on any atom is -0.482 e. The van der Waals surface area contributed by atoms with Crippen molar-refractivity contribution in [2.75, 3.05) is 19.0 Å². The second-order valence-electron chi connectivity index (χ2n) is 6.80. The van der Waals surface area contributed by atoms with Gasteiger partial charge in [0.25, 0.3) is 0 Å². The standard InChI is InChI=1S/C22H21N3O4/c1-28-21(27)14-29-19-10-6-5-9-16(19)17-11-20(26)24-22-18(17)12-23-25(22)13-15-7-3-2-4-8-15/h2-10,12,17H,11,13-14H2,1H3,(H,24,26). The third-order valence-corrected chi connectivity index (χ3v) is 4.93. The highest BCUT2D eigenvalue weighted by molar-refractivity contribution is 5.94. The SMILES string of the molecule is COC(=O)COc1ccccc1C1CC(=O)Nc2c1cnn2Cc1ccccc1. The molecule has 1 aliphatic heterocycles. The number of nitrogens with one attached hydrogen (secondary N) is 1. The molecule has 1 aliphatic rings. The first kappa shape index (κ1) is 18.7. The van der Waals surface area contributed by atoms with Gasteiger partial charge in [-0.05, 0) is 11.6 Å². The number of amides is 1. The third-order valence-electron chi connectivity index (χ3n) is 4.93. The number of methoxy groups -OCH3 is 1. The zero-order chi connectivity index (χ0) is 20.2. The van der Waals surface area contributed by atoms with Gasteiger partial charge in [-0.1, -0.05) is 48.5 Å².